The number of ether oxygens (including phenoxy) is 2. The molecule has 0 aromatic heterocycles. The van der Waals surface area contributed by atoms with Crippen LogP contribution in [0.3, 0.4) is 0 Å². The van der Waals surface area contributed by atoms with Gasteiger partial charge >= 0.3 is 6.18 Å². The summed E-state index contributed by atoms with van der Waals surface area (Å²) < 4.78 is 48.6. The Kier molecular flexibility index (Phi) is 6.38. The van der Waals surface area contributed by atoms with E-state index in [1.807, 2.05) is 25.1 Å². The predicted octanol–water partition coefficient (Wildman–Crippen LogP) is 4.72. The molecule has 0 heterocycles. The maximum Gasteiger partial charge on any atom is 0.391 e. The zero-order valence-electron chi connectivity index (χ0n) is 14.5. The second-order valence-corrected chi connectivity index (χ2v) is 6.50. The summed E-state index contributed by atoms with van der Waals surface area (Å²) in [6, 6.07) is 5.86. The minimum absolute atomic E-state index is 0.102. The molecule has 0 radical (unpaired) electrons. The van der Waals surface area contributed by atoms with Gasteiger partial charge in [0.05, 0.1) is 20.1 Å². The van der Waals surface area contributed by atoms with Gasteiger partial charge in [0.1, 0.15) is 0 Å². The quantitative estimate of drug-likeness (QED) is 0.809. The van der Waals surface area contributed by atoms with Gasteiger partial charge in [0.25, 0.3) is 0 Å². The highest BCUT2D eigenvalue weighted by Gasteiger charge is 2.41. The van der Waals surface area contributed by atoms with Crippen LogP contribution < -0.4 is 14.8 Å². The van der Waals surface area contributed by atoms with E-state index in [0.717, 1.165) is 12.1 Å². The highest BCUT2D eigenvalue weighted by molar-refractivity contribution is 5.43. The summed E-state index contributed by atoms with van der Waals surface area (Å²) in [5.74, 6) is 0.552. The summed E-state index contributed by atoms with van der Waals surface area (Å²) in [7, 11) is 3.19. The molecule has 2 rings (SSSR count). The van der Waals surface area contributed by atoms with Crippen LogP contribution in [0.5, 0.6) is 11.5 Å². The second kappa shape index (κ2) is 8.10. The average molecular weight is 345 g/mol. The third kappa shape index (κ3) is 4.79. The molecule has 136 valence electrons. The largest absolute Gasteiger partial charge is 0.493 e. The molecule has 1 unspecified atom stereocenters. The van der Waals surface area contributed by atoms with Crippen LogP contribution in [0.25, 0.3) is 0 Å². The lowest BCUT2D eigenvalue weighted by molar-refractivity contribution is -0.183. The summed E-state index contributed by atoms with van der Waals surface area (Å²) in [6.07, 6.45) is -2.27. The van der Waals surface area contributed by atoms with Crippen LogP contribution in [0, 0.1) is 11.8 Å². The lowest BCUT2D eigenvalue weighted by Gasteiger charge is -2.30. The number of methoxy groups -OCH3 is 2. The predicted molar refractivity (Wildman–Crippen MR) is 87.5 cm³/mol. The summed E-state index contributed by atoms with van der Waals surface area (Å²) >= 11 is 0. The van der Waals surface area contributed by atoms with E-state index < -0.39 is 12.1 Å². The molecule has 1 atom stereocenters. The molecule has 3 nitrogen and oxygen atoms in total. The van der Waals surface area contributed by atoms with Gasteiger partial charge in [-0.3, -0.25) is 0 Å². The first-order chi connectivity index (χ1) is 11.3. The first kappa shape index (κ1) is 18.9. The Labute approximate surface area is 141 Å². The van der Waals surface area contributed by atoms with Crippen molar-refractivity contribution in [1.29, 1.82) is 0 Å². The van der Waals surface area contributed by atoms with E-state index in [1.165, 1.54) is 0 Å². The molecule has 0 spiro atoms. The molecule has 1 fully saturated rings. The zero-order chi connectivity index (χ0) is 17.7. The van der Waals surface area contributed by atoms with Gasteiger partial charge in [-0.2, -0.15) is 13.2 Å². The Morgan fingerprint density at radius 3 is 2.25 bits per heavy atom. The van der Waals surface area contributed by atoms with Gasteiger partial charge in [0, 0.05) is 6.04 Å². The number of rotatable bonds is 6. The molecule has 0 bridgehead atoms. The van der Waals surface area contributed by atoms with E-state index >= 15 is 0 Å². The van der Waals surface area contributed by atoms with Gasteiger partial charge in [-0.05, 0) is 62.8 Å². The Morgan fingerprint density at radius 2 is 1.71 bits per heavy atom. The number of halogens is 3. The average Bonchev–Trinajstić information content (AvgIpc) is 2.58. The highest BCUT2D eigenvalue weighted by Crippen LogP contribution is 2.39. The molecule has 1 N–H and O–H groups in total. The fourth-order valence-electron chi connectivity index (χ4n) is 3.28. The van der Waals surface area contributed by atoms with E-state index in [-0.39, 0.29) is 18.9 Å². The summed E-state index contributed by atoms with van der Waals surface area (Å²) in [6.45, 7) is 2.78. The molecule has 0 saturated heterocycles. The highest BCUT2D eigenvalue weighted by atomic mass is 19.4. The number of hydrogen-bond donors (Lipinski definition) is 1. The van der Waals surface area contributed by atoms with Crippen molar-refractivity contribution in [2.45, 2.75) is 44.8 Å². The zero-order valence-corrected chi connectivity index (χ0v) is 14.5. The van der Waals surface area contributed by atoms with Crippen molar-refractivity contribution >= 4 is 0 Å². The summed E-state index contributed by atoms with van der Waals surface area (Å²) in [5.41, 5.74) is 1.07. The van der Waals surface area contributed by atoms with Crippen molar-refractivity contribution in [3.63, 3.8) is 0 Å². The molecule has 1 saturated carbocycles. The smallest absolute Gasteiger partial charge is 0.391 e. The standard InChI is InChI=1S/C18H26F3NO2/c1-12(14-6-9-16(23-2)17(10-14)24-3)22-11-13-4-7-15(8-5-13)18(19,20)21/h6,9-10,12-13,15,22H,4-5,7-8,11H2,1-3H3. The Bertz CT molecular complexity index is 525. The van der Waals surface area contributed by atoms with Crippen LogP contribution >= 0.6 is 0 Å². The van der Waals surface area contributed by atoms with Crippen molar-refractivity contribution in [2.75, 3.05) is 20.8 Å². The van der Waals surface area contributed by atoms with Crippen LogP contribution in [-0.2, 0) is 0 Å². The van der Waals surface area contributed by atoms with Crippen LogP contribution in [0.1, 0.15) is 44.2 Å². The number of alkyl halides is 3. The molecular weight excluding hydrogens is 319 g/mol. The van der Waals surface area contributed by atoms with Crippen LogP contribution in [0.15, 0.2) is 18.2 Å². The number of hydrogen-bond acceptors (Lipinski definition) is 3. The van der Waals surface area contributed by atoms with Gasteiger partial charge in [0.2, 0.25) is 0 Å². The topological polar surface area (TPSA) is 30.5 Å². The Hall–Kier alpha value is -1.43. The van der Waals surface area contributed by atoms with E-state index in [9.17, 15) is 13.2 Å². The minimum Gasteiger partial charge on any atom is -0.493 e. The number of nitrogens with one attached hydrogen (secondary N) is 1. The molecule has 6 heteroatoms. The molecule has 0 aliphatic heterocycles. The van der Waals surface area contributed by atoms with E-state index in [4.69, 9.17) is 9.47 Å². The third-order valence-electron chi connectivity index (χ3n) is 4.93. The molecule has 24 heavy (non-hydrogen) atoms. The SMILES string of the molecule is COc1ccc(C(C)NCC2CCC(C(F)(F)F)CC2)cc1OC. The van der Waals surface area contributed by atoms with Crippen molar-refractivity contribution in [2.24, 2.45) is 11.8 Å². The molecule has 1 aromatic rings. The van der Waals surface area contributed by atoms with E-state index in [0.29, 0.717) is 30.3 Å². The Balaban J connectivity index is 1.85. The van der Waals surface area contributed by atoms with Crippen molar-refractivity contribution in [1.82, 2.24) is 5.32 Å². The molecule has 1 aliphatic carbocycles. The van der Waals surface area contributed by atoms with Gasteiger partial charge < -0.3 is 14.8 Å². The second-order valence-electron chi connectivity index (χ2n) is 6.50. The summed E-state index contributed by atoms with van der Waals surface area (Å²) in [4.78, 5) is 0. The first-order valence-corrected chi connectivity index (χ1v) is 8.37. The van der Waals surface area contributed by atoms with Crippen LogP contribution in [-0.4, -0.2) is 26.9 Å². The number of benzene rings is 1. The van der Waals surface area contributed by atoms with E-state index in [2.05, 4.69) is 5.32 Å². The lowest BCUT2D eigenvalue weighted by Crippen LogP contribution is -2.32. The van der Waals surface area contributed by atoms with Gasteiger partial charge in [-0.1, -0.05) is 6.07 Å². The fraction of sp³-hybridized carbons (Fsp3) is 0.667. The molecule has 1 aliphatic rings. The van der Waals surface area contributed by atoms with Crippen LogP contribution in [0.4, 0.5) is 13.2 Å². The van der Waals surface area contributed by atoms with Gasteiger partial charge in [0.15, 0.2) is 11.5 Å². The first-order valence-electron chi connectivity index (χ1n) is 8.37. The maximum atomic E-state index is 12.7. The van der Waals surface area contributed by atoms with Crippen LogP contribution in [0.2, 0.25) is 0 Å². The summed E-state index contributed by atoms with van der Waals surface area (Å²) in [5, 5.41) is 3.43. The van der Waals surface area contributed by atoms with Crippen molar-refractivity contribution < 1.29 is 22.6 Å². The fourth-order valence-corrected chi connectivity index (χ4v) is 3.28. The van der Waals surface area contributed by atoms with Gasteiger partial charge in [-0.15, -0.1) is 0 Å². The Morgan fingerprint density at radius 1 is 1.08 bits per heavy atom. The van der Waals surface area contributed by atoms with Crippen molar-refractivity contribution in [3.8, 4) is 11.5 Å². The molecule has 0 amide bonds. The lowest BCUT2D eigenvalue weighted by atomic mass is 9.81. The molecule has 1 aromatic carbocycles. The minimum atomic E-state index is -4.04. The van der Waals surface area contributed by atoms with E-state index in [1.54, 1.807) is 14.2 Å². The third-order valence-corrected chi connectivity index (χ3v) is 4.93. The maximum absolute atomic E-state index is 12.7. The monoisotopic (exact) mass is 345 g/mol. The molecular formula is C18H26F3NO2. The van der Waals surface area contributed by atoms with Crippen molar-refractivity contribution in [3.05, 3.63) is 23.8 Å². The normalized spacial score (nSPS) is 22.9. The van der Waals surface area contributed by atoms with Gasteiger partial charge in [-0.25, -0.2) is 0 Å².